The van der Waals surface area contributed by atoms with Crippen LogP contribution in [0.2, 0.25) is 49.8 Å². The average Bonchev–Trinajstić information content (AvgIpc) is 1.81. The van der Waals surface area contributed by atoms with Gasteiger partial charge in [-0.2, -0.15) is 0 Å². The Morgan fingerprint density at radius 1 is 0.786 bits per heavy atom. The van der Waals surface area contributed by atoms with E-state index in [2.05, 4.69) is 53.1 Å². The molecule has 0 bridgehead atoms. The van der Waals surface area contributed by atoms with E-state index in [0.29, 0.717) is 0 Å². The molecule has 1 nitrogen and oxygen atoms in total. The summed E-state index contributed by atoms with van der Waals surface area (Å²) in [6.45, 7) is 17.9. The van der Waals surface area contributed by atoms with E-state index in [1.165, 1.54) is 10.6 Å². The number of hydrogen-bond donors (Lipinski definition) is 0. The third-order valence-electron chi connectivity index (χ3n) is 1.19. The third kappa shape index (κ3) is 23.1. The quantitative estimate of drug-likeness (QED) is 0.675. The minimum Gasteiger partial charge on any atom is -0.456 e. The Hall–Kier alpha value is 0.926. The van der Waals surface area contributed by atoms with Crippen molar-refractivity contribution < 1.29 is 4.12 Å². The maximum absolute atomic E-state index is 5.90. The van der Waals surface area contributed by atoms with Gasteiger partial charge in [0.25, 0.3) is 0 Å². The van der Waals surface area contributed by atoms with Crippen molar-refractivity contribution >= 4 is 31.9 Å². The van der Waals surface area contributed by atoms with Crippen molar-refractivity contribution in [3.63, 3.8) is 0 Å². The Morgan fingerprint density at radius 2 is 1.07 bits per heavy atom. The van der Waals surface area contributed by atoms with Crippen LogP contribution in [0.4, 0.5) is 0 Å². The maximum Gasteiger partial charge on any atom is 0.198 e. The molecule has 85 valence electrons. The number of hydrogen-bond acceptors (Lipinski definition) is 1. The molecule has 0 rings (SSSR count). The zero-order valence-corrected chi connectivity index (χ0v) is 14.6. The molecule has 0 aliphatic heterocycles. The van der Waals surface area contributed by atoms with Crippen LogP contribution in [0.15, 0.2) is 0 Å². The van der Waals surface area contributed by atoms with Crippen molar-refractivity contribution in [2.75, 3.05) is 0 Å². The summed E-state index contributed by atoms with van der Waals surface area (Å²) >= 11 is 0.815. The molecule has 0 saturated carbocycles. The van der Waals surface area contributed by atoms with E-state index in [9.17, 15) is 0 Å². The van der Waals surface area contributed by atoms with Crippen molar-refractivity contribution in [1.82, 2.24) is 0 Å². The summed E-state index contributed by atoms with van der Waals surface area (Å²) < 4.78 is 5.90. The average molecular weight is 247 g/mol. The molecule has 0 saturated heterocycles. The second-order valence-corrected chi connectivity index (χ2v) is 16.9. The molecule has 0 aromatic heterocycles. The molecule has 4 heteroatoms. The van der Waals surface area contributed by atoms with Gasteiger partial charge >= 0.3 is 0 Å². The standard InChI is InChI=1S/C6H18OSi2.2C2H5.Al/c1-8(2,3)7-9(4,5)6;2*1-2;/h1-6H3;2*1H2,2H3;. The van der Waals surface area contributed by atoms with E-state index in [-0.39, 0.29) is 0 Å². The predicted octanol–water partition coefficient (Wildman–Crippen LogP) is 4.24. The zero-order chi connectivity index (χ0) is 11.8. The highest BCUT2D eigenvalue weighted by molar-refractivity contribution is 6.83. The first kappa shape index (κ1) is 17.3. The van der Waals surface area contributed by atoms with E-state index < -0.39 is 16.6 Å². The maximum atomic E-state index is 5.90. The van der Waals surface area contributed by atoms with Gasteiger partial charge in [-0.25, -0.2) is 0 Å². The molecule has 0 heterocycles. The Morgan fingerprint density at radius 3 is 1.07 bits per heavy atom. The van der Waals surface area contributed by atoms with Gasteiger partial charge < -0.3 is 4.12 Å². The molecule has 0 amide bonds. The van der Waals surface area contributed by atoms with Crippen molar-refractivity contribution in [2.45, 2.75) is 63.7 Å². The highest BCUT2D eigenvalue weighted by atomic mass is 28.4. The Bertz CT molecular complexity index is 113. The van der Waals surface area contributed by atoms with Gasteiger partial charge in [-0.05, 0) is 39.3 Å². The van der Waals surface area contributed by atoms with Crippen LogP contribution in [0.5, 0.6) is 0 Å². The summed E-state index contributed by atoms with van der Waals surface area (Å²) in [6.07, 6.45) is 0. The summed E-state index contributed by atoms with van der Waals surface area (Å²) in [5.41, 5.74) is 0. The van der Waals surface area contributed by atoms with E-state index in [0.717, 1.165) is 15.2 Å². The molecule has 0 aromatic rings. The lowest BCUT2D eigenvalue weighted by Gasteiger charge is -2.27. The van der Waals surface area contributed by atoms with Gasteiger partial charge in [-0.15, -0.1) is 10.6 Å². The molecular formula is C10H28AlOSi2. The monoisotopic (exact) mass is 247 g/mol. The molecule has 1 radical (unpaired) electrons. The second-order valence-electron chi connectivity index (χ2n) is 5.43. The Balaban J connectivity index is 0. The molecule has 0 spiro atoms. The fourth-order valence-electron chi connectivity index (χ4n) is 1.21. The highest BCUT2D eigenvalue weighted by Gasteiger charge is 2.24. The summed E-state index contributed by atoms with van der Waals surface area (Å²) in [7, 11) is -2.46. The lowest BCUT2D eigenvalue weighted by Crippen LogP contribution is -2.39. The lowest BCUT2D eigenvalue weighted by molar-refractivity contribution is 0.559. The van der Waals surface area contributed by atoms with E-state index in [1.807, 2.05) is 0 Å². The van der Waals surface area contributed by atoms with Gasteiger partial charge in [0.15, 0.2) is 31.9 Å². The minimum absolute atomic E-state index is 0.815. The van der Waals surface area contributed by atoms with Crippen LogP contribution in [-0.2, 0) is 4.12 Å². The first-order chi connectivity index (χ1) is 6.12. The van der Waals surface area contributed by atoms with Gasteiger partial charge in [0, 0.05) is 0 Å². The number of rotatable bonds is 4. The Labute approximate surface area is 99.6 Å². The van der Waals surface area contributed by atoms with Crippen molar-refractivity contribution in [3.05, 3.63) is 0 Å². The smallest absolute Gasteiger partial charge is 0.198 e. The van der Waals surface area contributed by atoms with E-state index in [1.54, 1.807) is 0 Å². The molecule has 14 heavy (non-hydrogen) atoms. The van der Waals surface area contributed by atoms with E-state index >= 15 is 0 Å². The highest BCUT2D eigenvalue weighted by Crippen LogP contribution is 2.12. The van der Waals surface area contributed by atoms with Crippen LogP contribution in [0, 0.1) is 0 Å². The van der Waals surface area contributed by atoms with Gasteiger partial charge in [-0.3, -0.25) is 0 Å². The second kappa shape index (κ2) is 8.12. The molecule has 0 atom stereocenters. The van der Waals surface area contributed by atoms with Crippen molar-refractivity contribution in [1.29, 1.82) is 0 Å². The molecule has 0 aliphatic rings. The summed E-state index contributed by atoms with van der Waals surface area (Å²) in [5.74, 6) is 0. The van der Waals surface area contributed by atoms with Crippen molar-refractivity contribution in [2.24, 2.45) is 0 Å². The summed E-state index contributed by atoms with van der Waals surface area (Å²) in [5, 5.41) is 2.85. The van der Waals surface area contributed by atoms with Crippen molar-refractivity contribution in [3.8, 4) is 0 Å². The predicted molar refractivity (Wildman–Crippen MR) is 74.5 cm³/mol. The molecular weight excluding hydrogens is 219 g/mol. The van der Waals surface area contributed by atoms with Gasteiger partial charge in [0.05, 0.1) is 0 Å². The van der Waals surface area contributed by atoms with Gasteiger partial charge in [-0.1, -0.05) is 13.8 Å². The Kier molecular flexibility index (Phi) is 10.1. The van der Waals surface area contributed by atoms with Crippen LogP contribution in [0.25, 0.3) is 0 Å². The summed E-state index contributed by atoms with van der Waals surface area (Å²) in [4.78, 5) is 0. The lowest BCUT2D eigenvalue weighted by atomic mass is 10.9. The fraction of sp³-hybridized carbons (Fsp3) is 1.00. The molecule has 0 fully saturated rings. The SMILES string of the molecule is C[CH2][Al][CH2]C.C[Si](C)(C)O[Si](C)(C)C. The van der Waals surface area contributed by atoms with Gasteiger partial charge in [0.2, 0.25) is 0 Å². The minimum atomic E-state index is -1.23. The summed E-state index contributed by atoms with van der Waals surface area (Å²) in [6, 6.07) is 0. The zero-order valence-electron chi connectivity index (χ0n) is 11.4. The van der Waals surface area contributed by atoms with Crippen LogP contribution in [0.3, 0.4) is 0 Å². The topological polar surface area (TPSA) is 9.23 Å². The first-order valence-electron chi connectivity index (χ1n) is 5.64. The molecule has 0 N–H and O–H groups in total. The molecule has 0 aromatic carbocycles. The van der Waals surface area contributed by atoms with Crippen LogP contribution in [-0.4, -0.2) is 31.9 Å². The normalized spacial score (nSPS) is 11.7. The molecule has 0 unspecified atom stereocenters. The van der Waals surface area contributed by atoms with Crippen LogP contribution in [0.1, 0.15) is 13.8 Å². The fourth-order valence-corrected chi connectivity index (χ4v) is 9.13. The largest absolute Gasteiger partial charge is 0.456 e. The van der Waals surface area contributed by atoms with Crippen LogP contribution < -0.4 is 0 Å². The van der Waals surface area contributed by atoms with Gasteiger partial charge in [0.1, 0.15) is 0 Å². The molecule has 0 aliphatic carbocycles. The van der Waals surface area contributed by atoms with E-state index in [4.69, 9.17) is 4.12 Å². The van der Waals surface area contributed by atoms with Crippen LogP contribution >= 0.6 is 0 Å². The third-order valence-corrected chi connectivity index (χ3v) is 7.24. The first-order valence-corrected chi connectivity index (χ1v) is 14.1.